The van der Waals surface area contributed by atoms with Crippen LogP contribution in [0.25, 0.3) is 11.3 Å². The Morgan fingerprint density at radius 3 is 2.50 bits per heavy atom. The fourth-order valence-electron chi connectivity index (χ4n) is 4.90. The van der Waals surface area contributed by atoms with Crippen LogP contribution in [-0.2, 0) is 9.53 Å². The van der Waals surface area contributed by atoms with Crippen LogP contribution in [0.3, 0.4) is 0 Å². The minimum absolute atomic E-state index is 0.0389. The number of aliphatic hydroxyl groups excluding tert-OH is 1. The molecule has 1 aromatic heterocycles. The molecule has 2 bridgehead atoms. The Balaban J connectivity index is 1.31. The van der Waals surface area contributed by atoms with Crippen LogP contribution < -0.4 is 15.4 Å². The van der Waals surface area contributed by atoms with Crippen molar-refractivity contribution in [3.63, 3.8) is 0 Å². The van der Waals surface area contributed by atoms with E-state index in [9.17, 15) is 31.9 Å². The second-order valence-electron chi connectivity index (χ2n) is 9.65. The molecule has 2 aliphatic heterocycles. The topological polar surface area (TPSA) is 96.0 Å². The Labute approximate surface area is 225 Å². The summed E-state index contributed by atoms with van der Waals surface area (Å²) in [7, 11) is 0. The van der Waals surface area contributed by atoms with E-state index in [0.29, 0.717) is 13.2 Å². The van der Waals surface area contributed by atoms with Gasteiger partial charge in [0, 0.05) is 41.7 Å². The molecule has 3 heterocycles. The van der Waals surface area contributed by atoms with Crippen LogP contribution in [0.1, 0.15) is 25.1 Å². The van der Waals surface area contributed by atoms with E-state index in [1.807, 2.05) is 4.90 Å². The number of pyridine rings is 1. The van der Waals surface area contributed by atoms with Gasteiger partial charge in [0.15, 0.2) is 12.0 Å². The number of nitrogens with one attached hydrogen (secondary N) is 2. The fourth-order valence-corrected chi connectivity index (χ4v) is 4.90. The first-order chi connectivity index (χ1) is 18.9. The third-order valence-corrected chi connectivity index (χ3v) is 6.85. The molecule has 40 heavy (non-hydrogen) atoms. The van der Waals surface area contributed by atoms with Gasteiger partial charge in [-0.2, -0.15) is 0 Å². The smallest absolute Gasteiger partial charge is 0.404 e. The summed E-state index contributed by atoms with van der Waals surface area (Å²) in [5, 5.41) is 15.9. The van der Waals surface area contributed by atoms with Crippen LogP contribution >= 0.6 is 0 Å². The first kappa shape index (κ1) is 27.7. The highest BCUT2D eigenvalue weighted by Crippen LogP contribution is 2.35. The minimum Gasteiger partial charge on any atom is -0.404 e. The molecule has 2 saturated heterocycles. The maximum Gasteiger partial charge on any atom is 0.573 e. The van der Waals surface area contributed by atoms with Crippen LogP contribution in [0, 0.1) is 11.6 Å². The molecule has 2 aliphatic rings. The molecule has 4 atom stereocenters. The predicted octanol–water partition coefficient (Wildman–Crippen LogP) is 4.83. The number of fused-ring (bicyclic) bond motifs is 2. The van der Waals surface area contributed by atoms with Gasteiger partial charge < -0.3 is 25.2 Å². The average molecular weight is 565 g/mol. The number of rotatable bonds is 8. The normalized spacial score (nSPS) is 20.3. The second-order valence-corrected chi connectivity index (χ2v) is 9.65. The van der Waals surface area contributed by atoms with Gasteiger partial charge in [-0.1, -0.05) is 6.07 Å². The van der Waals surface area contributed by atoms with Gasteiger partial charge in [-0.05, 0) is 49.7 Å². The minimum atomic E-state index is -5.00. The van der Waals surface area contributed by atoms with Crippen LogP contribution in [0.15, 0.2) is 54.7 Å². The fraction of sp³-hybridized carbons (Fsp3) is 0.333. The molecule has 0 radical (unpaired) electrons. The first-order valence-corrected chi connectivity index (χ1v) is 12.4. The predicted molar refractivity (Wildman–Crippen MR) is 134 cm³/mol. The highest BCUT2D eigenvalue weighted by molar-refractivity contribution is 5.96. The van der Waals surface area contributed by atoms with Crippen LogP contribution in [0.5, 0.6) is 5.75 Å². The molecule has 3 aromatic rings. The Morgan fingerprint density at radius 2 is 1.90 bits per heavy atom. The number of ether oxygens (including phenoxy) is 2. The molecule has 8 nitrogen and oxygen atoms in total. The average Bonchev–Trinajstić information content (AvgIpc) is 3.52. The number of morpholine rings is 1. The van der Waals surface area contributed by atoms with Crippen molar-refractivity contribution < 1.29 is 41.3 Å². The molecule has 3 N–H and O–H groups in total. The van der Waals surface area contributed by atoms with Gasteiger partial charge in [0.1, 0.15) is 11.6 Å². The maximum absolute atomic E-state index is 13.5. The SMILES string of the molecule is CC(C(=O)Nc1cc(NC(O)c2ccc(-c3cc(F)cc(F)c3)nc2)ccc1OC(F)(F)F)N1CC2CC1CO2. The number of aromatic nitrogens is 1. The molecule has 1 amide bonds. The van der Waals surface area contributed by atoms with Crippen LogP contribution in [-0.4, -0.2) is 58.6 Å². The molecule has 4 unspecified atom stereocenters. The molecule has 212 valence electrons. The third-order valence-electron chi connectivity index (χ3n) is 6.85. The van der Waals surface area contributed by atoms with E-state index in [1.54, 1.807) is 6.92 Å². The van der Waals surface area contributed by atoms with E-state index in [0.717, 1.165) is 30.7 Å². The lowest BCUT2D eigenvalue weighted by Crippen LogP contribution is -2.48. The number of benzene rings is 2. The number of carbonyl (C=O) groups excluding carboxylic acids is 1. The lowest BCUT2D eigenvalue weighted by Gasteiger charge is -2.31. The Hall–Kier alpha value is -3.81. The maximum atomic E-state index is 13.5. The number of hydrogen-bond donors (Lipinski definition) is 3. The molecule has 0 spiro atoms. The number of carbonyl (C=O) groups is 1. The molecule has 13 heteroatoms. The van der Waals surface area contributed by atoms with E-state index < -0.39 is 41.9 Å². The number of likely N-dealkylation sites (tertiary alicyclic amines) is 1. The van der Waals surface area contributed by atoms with Crippen molar-refractivity contribution in [3.05, 3.63) is 71.9 Å². The number of halogens is 5. The summed E-state index contributed by atoms with van der Waals surface area (Å²) in [6.45, 7) is 2.72. The summed E-state index contributed by atoms with van der Waals surface area (Å²) in [4.78, 5) is 19.1. The number of amides is 1. The largest absolute Gasteiger partial charge is 0.573 e. The lowest BCUT2D eigenvalue weighted by atomic mass is 10.1. The standard InChI is InChI=1S/C27H25F5N4O4/c1-14(36-12-21-10-20(36)13-39-21)25(37)35-23-9-19(3-5-24(23)40-27(30,31)32)34-26(38)15-2-4-22(33-11-15)16-6-17(28)8-18(29)7-16/h2-9,11,14,20-21,26,34,38H,10,12-13H2,1H3,(H,35,37). The molecular formula is C27H25F5N4O4. The zero-order valence-corrected chi connectivity index (χ0v) is 21.1. The quantitative estimate of drug-likeness (QED) is 0.267. The van der Waals surface area contributed by atoms with Crippen molar-refractivity contribution >= 4 is 17.3 Å². The molecule has 2 aromatic carbocycles. The number of alkyl halides is 3. The van der Waals surface area contributed by atoms with Gasteiger partial charge in [0.25, 0.3) is 0 Å². The van der Waals surface area contributed by atoms with Gasteiger partial charge in [0.05, 0.1) is 30.1 Å². The van der Waals surface area contributed by atoms with Crippen LogP contribution in [0.2, 0.25) is 0 Å². The van der Waals surface area contributed by atoms with Crippen LogP contribution in [0.4, 0.5) is 33.3 Å². The Morgan fingerprint density at radius 1 is 1.15 bits per heavy atom. The number of anilines is 2. The third kappa shape index (κ3) is 6.32. The van der Waals surface area contributed by atoms with Crippen molar-refractivity contribution in [2.45, 2.75) is 44.1 Å². The van der Waals surface area contributed by atoms with Gasteiger partial charge in [-0.3, -0.25) is 14.7 Å². The van der Waals surface area contributed by atoms with Crippen molar-refractivity contribution in [1.29, 1.82) is 0 Å². The second kappa shape index (κ2) is 11.0. The number of hydrogen-bond acceptors (Lipinski definition) is 7. The zero-order chi connectivity index (χ0) is 28.6. The van der Waals surface area contributed by atoms with Gasteiger partial charge in [0.2, 0.25) is 5.91 Å². The van der Waals surface area contributed by atoms with E-state index in [2.05, 4.69) is 20.4 Å². The summed E-state index contributed by atoms with van der Waals surface area (Å²) in [6.07, 6.45) is -4.23. The Bertz CT molecular complexity index is 1370. The van der Waals surface area contributed by atoms with E-state index in [1.165, 1.54) is 30.5 Å². The van der Waals surface area contributed by atoms with Crippen molar-refractivity contribution in [2.24, 2.45) is 0 Å². The van der Waals surface area contributed by atoms with E-state index >= 15 is 0 Å². The van der Waals surface area contributed by atoms with Gasteiger partial charge in [-0.25, -0.2) is 8.78 Å². The molecule has 5 rings (SSSR count). The molecule has 0 aliphatic carbocycles. The van der Waals surface area contributed by atoms with Crippen molar-refractivity contribution in [1.82, 2.24) is 9.88 Å². The first-order valence-electron chi connectivity index (χ1n) is 12.4. The number of nitrogens with zero attached hydrogens (tertiary/aromatic N) is 2. The lowest BCUT2D eigenvalue weighted by molar-refractivity contribution is -0.274. The van der Waals surface area contributed by atoms with Crippen molar-refractivity contribution in [2.75, 3.05) is 23.8 Å². The highest BCUT2D eigenvalue weighted by atomic mass is 19.4. The van der Waals surface area contributed by atoms with Crippen molar-refractivity contribution in [3.8, 4) is 17.0 Å². The monoisotopic (exact) mass is 564 g/mol. The van der Waals surface area contributed by atoms with E-state index in [-0.39, 0.29) is 40.3 Å². The van der Waals surface area contributed by atoms with E-state index in [4.69, 9.17) is 4.74 Å². The summed E-state index contributed by atoms with van der Waals surface area (Å²) < 4.78 is 75.8. The number of aliphatic hydroxyl groups is 1. The Kier molecular flexibility index (Phi) is 7.62. The van der Waals surface area contributed by atoms with Gasteiger partial charge >= 0.3 is 6.36 Å². The molecule has 2 fully saturated rings. The summed E-state index contributed by atoms with van der Waals surface area (Å²) >= 11 is 0. The summed E-state index contributed by atoms with van der Waals surface area (Å²) in [6, 6.07) is 8.82. The molecule has 0 saturated carbocycles. The molecular weight excluding hydrogens is 539 g/mol. The summed E-state index contributed by atoms with van der Waals surface area (Å²) in [5.74, 6) is -2.67. The summed E-state index contributed by atoms with van der Waals surface area (Å²) in [5.41, 5.74) is 0.667. The highest BCUT2D eigenvalue weighted by Gasteiger charge is 2.43. The zero-order valence-electron chi connectivity index (χ0n) is 21.1. The van der Waals surface area contributed by atoms with Gasteiger partial charge in [-0.15, -0.1) is 13.2 Å².